The van der Waals surface area contributed by atoms with Crippen LogP contribution < -0.4 is 5.56 Å². The second kappa shape index (κ2) is 8.49. The number of aryl methyl sites for hydroxylation is 2. The minimum atomic E-state index is -0.482. The smallest absolute Gasteiger partial charge is 0.261 e. The summed E-state index contributed by atoms with van der Waals surface area (Å²) < 4.78 is 25.0. The fourth-order valence-electron chi connectivity index (χ4n) is 6.03. The summed E-state index contributed by atoms with van der Waals surface area (Å²) in [7, 11) is 0. The molecule has 0 N–H and O–H groups in total. The van der Waals surface area contributed by atoms with E-state index in [0.717, 1.165) is 74.0 Å². The molecule has 3 aromatic heterocycles. The molecule has 0 bridgehead atoms. The fraction of sp³-hybridized carbons (Fsp3) is 0.407. The molecule has 0 spiro atoms. The standard InChI is InChI=1S/C27H25ClFN5O2/c28-16-6-7-17(20(29)12-16)25-26-32-21-4-1-3-18(21)27(35)33(26)14-22(31-25)15-8-10-36-24(11-15)19-13-30-34-9-2-5-23(19)34/h6-7,12-15,24H,1-5,8-11H2/t15-,24+/m0/s1. The molecule has 0 amide bonds. The van der Waals surface area contributed by atoms with E-state index in [1.165, 1.54) is 11.8 Å². The normalized spacial score (nSPS) is 21.2. The minimum Gasteiger partial charge on any atom is -0.373 e. The van der Waals surface area contributed by atoms with E-state index in [1.807, 2.05) is 12.4 Å². The maximum absolute atomic E-state index is 15.1. The van der Waals surface area contributed by atoms with Crippen LogP contribution in [0.1, 0.15) is 65.9 Å². The van der Waals surface area contributed by atoms with E-state index in [2.05, 4.69) is 9.78 Å². The van der Waals surface area contributed by atoms with Gasteiger partial charge in [0.1, 0.15) is 11.5 Å². The van der Waals surface area contributed by atoms with Crippen LogP contribution in [-0.2, 0) is 30.5 Å². The molecule has 0 saturated carbocycles. The van der Waals surface area contributed by atoms with Crippen LogP contribution in [0.5, 0.6) is 0 Å². The Labute approximate surface area is 211 Å². The monoisotopic (exact) mass is 505 g/mol. The molecule has 7 rings (SSSR count). The Morgan fingerprint density at radius 3 is 2.94 bits per heavy atom. The van der Waals surface area contributed by atoms with Gasteiger partial charge in [0.15, 0.2) is 5.65 Å². The summed E-state index contributed by atoms with van der Waals surface area (Å²) in [4.78, 5) is 23.3. The van der Waals surface area contributed by atoms with E-state index in [9.17, 15) is 4.79 Å². The van der Waals surface area contributed by atoms with E-state index in [4.69, 9.17) is 26.3 Å². The summed E-state index contributed by atoms with van der Waals surface area (Å²) in [6.07, 6.45) is 9.67. The van der Waals surface area contributed by atoms with Crippen molar-refractivity contribution in [1.29, 1.82) is 0 Å². The molecule has 36 heavy (non-hydrogen) atoms. The number of aromatic nitrogens is 5. The van der Waals surface area contributed by atoms with Crippen LogP contribution in [0.3, 0.4) is 0 Å². The van der Waals surface area contributed by atoms with Gasteiger partial charge in [-0.1, -0.05) is 11.6 Å². The highest BCUT2D eigenvalue weighted by Gasteiger charge is 2.32. The van der Waals surface area contributed by atoms with Gasteiger partial charge in [-0.25, -0.2) is 14.4 Å². The molecule has 1 aliphatic carbocycles. The molecule has 2 atom stereocenters. The topological polar surface area (TPSA) is 74.3 Å². The Kier molecular flexibility index (Phi) is 5.22. The zero-order valence-electron chi connectivity index (χ0n) is 19.7. The molecule has 3 aliphatic rings. The highest BCUT2D eigenvalue weighted by Crippen LogP contribution is 2.40. The molecule has 0 radical (unpaired) electrons. The number of halogens is 2. The first-order valence-corrected chi connectivity index (χ1v) is 13.0. The van der Waals surface area contributed by atoms with Crippen molar-refractivity contribution >= 4 is 17.2 Å². The number of hydrogen-bond acceptors (Lipinski definition) is 5. The first-order chi connectivity index (χ1) is 17.6. The maximum Gasteiger partial charge on any atom is 0.261 e. The molecule has 9 heteroatoms. The lowest BCUT2D eigenvalue weighted by Gasteiger charge is -2.29. The van der Waals surface area contributed by atoms with Gasteiger partial charge in [-0.3, -0.25) is 13.9 Å². The molecule has 1 aromatic carbocycles. The van der Waals surface area contributed by atoms with Crippen LogP contribution in [0.4, 0.5) is 4.39 Å². The van der Waals surface area contributed by atoms with E-state index < -0.39 is 5.82 Å². The molecule has 184 valence electrons. The molecule has 5 heterocycles. The summed E-state index contributed by atoms with van der Waals surface area (Å²) >= 11 is 6.03. The van der Waals surface area contributed by atoms with Crippen molar-refractivity contribution in [2.75, 3.05) is 6.61 Å². The van der Waals surface area contributed by atoms with Gasteiger partial charge in [0, 0.05) is 52.7 Å². The van der Waals surface area contributed by atoms with Crippen LogP contribution >= 0.6 is 11.6 Å². The number of rotatable bonds is 3. The van der Waals surface area contributed by atoms with Gasteiger partial charge in [0.05, 0.1) is 23.7 Å². The van der Waals surface area contributed by atoms with Gasteiger partial charge >= 0.3 is 0 Å². The molecule has 1 saturated heterocycles. The summed E-state index contributed by atoms with van der Waals surface area (Å²) in [5.74, 6) is -0.427. The van der Waals surface area contributed by atoms with E-state index in [-0.39, 0.29) is 17.6 Å². The zero-order chi connectivity index (χ0) is 24.4. The average molecular weight is 506 g/mol. The van der Waals surface area contributed by atoms with Crippen molar-refractivity contribution in [3.63, 3.8) is 0 Å². The van der Waals surface area contributed by atoms with Gasteiger partial charge in [-0.2, -0.15) is 5.10 Å². The van der Waals surface area contributed by atoms with Crippen LogP contribution in [0, 0.1) is 5.82 Å². The highest BCUT2D eigenvalue weighted by atomic mass is 35.5. The Morgan fingerprint density at radius 1 is 1.14 bits per heavy atom. The lowest BCUT2D eigenvalue weighted by molar-refractivity contribution is 0.00412. The maximum atomic E-state index is 15.1. The Balaban J connectivity index is 1.37. The van der Waals surface area contributed by atoms with Gasteiger partial charge in [-0.15, -0.1) is 0 Å². The van der Waals surface area contributed by atoms with Crippen LogP contribution in [0.15, 0.2) is 35.4 Å². The predicted octanol–water partition coefficient (Wildman–Crippen LogP) is 4.82. The van der Waals surface area contributed by atoms with Crippen molar-refractivity contribution in [1.82, 2.24) is 24.1 Å². The summed E-state index contributed by atoms with van der Waals surface area (Å²) in [6.45, 7) is 1.54. The summed E-state index contributed by atoms with van der Waals surface area (Å²) in [5.41, 5.74) is 5.70. The molecule has 1 fully saturated rings. The number of nitrogens with zero attached hydrogens (tertiary/aromatic N) is 5. The van der Waals surface area contributed by atoms with E-state index in [1.54, 1.807) is 16.5 Å². The Bertz CT molecular complexity index is 1580. The Morgan fingerprint density at radius 2 is 2.06 bits per heavy atom. The fourth-order valence-corrected chi connectivity index (χ4v) is 6.19. The van der Waals surface area contributed by atoms with Crippen LogP contribution in [0.25, 0.3) is 16.9 Å². The van der Waals surface area contributed by atoms with E-state index in [0.29, 0.717) is 28.5 Å². The van der Waals surface area contributed by atoms with Crippen LogP contribution in [-0.4, -0.2) is 30.8 Å². The molecule has 0 unspecified atom stereocenters. The zero-order valence-corrected chi connectivity index (χ0v) is 20.5. The Hall–Kier alpha value is -3.10. The molecule has 2 aliphatic heterocycles. The van der Waals surface area contributed by atoms with E-state index >= 15 is 4.39 Å². The highest BCUT2D eigenvalue weighted by molar-refractivity contribution is 6.30. The molecular formula is C27H25ClFN5O2. The predicted molar refractivity (Wildman–Crippen MR) is 133 cm³/mol. The summed E-state index contributed by atoms with van der Waals surface area (Å²) in [5, 5.41) is 4.85. The second-order valence-electron chi connectivity index (χ2n) is 9.98. The van der Waals surface area contributed by atoms with Crippen molar-refractivity contribution in [3.8, 4) is 11.3 Å². The summed E-state index contributed by atoms with van der Waals surface area (Å²) in [6, 6.07) is 4.53. The third-order valence-corrected chi connectivity index (χ3v) is 8.08. The van der Waals surface area contributed by atoms with Gasteiger partial charge in [0.2, 0.25) is 0 Å². The first kappa shape index (κ1) is 22.1. The van der Waals surface area contributed by atoms with Crippen molar-refractivity contribution in [3.05, 3.63) is 80.0 Å². The van der Waals surface area contributed by atoms with Crippen molar-refractivity contribution < 1.29 is 9.13 Å². The van der Waals surface area contributed by atoms with Gasteiger partial charge in [-0.05, 0) is 63.1 Å². The second-order valence-corrected chi connectivity index (χ2v) is 10.4. The molecular weight excluding hydrogens is 481 g/mol. The third kappa shape index (κ3) is 3.50. The molecule has 7 nitrogen and oxygen atoms in total. The van der Waals surface area contributed by atoms with Crippen molar-refractivity contribution in [2.45, 2.75) is 63.5 Å². The molecule has 4 aromatic rings. The third-order valence-electron chi connectivity index (χ3n) is 7.85. The van der Waals surface area contributed by atoms with Crippen molar-refractivity contribution in [2.24, 2.45) is 0 Å². The largest absolute Gasteiger partial charge is 0.373 e. The number of ether oxygens (including phenoxy) is 1. The minimum absolute atomic E-state index is 0.0550. The number of benzene rings is 1. The van der Waals surface area contributed by atoms with Gasteiger partial charge < -0.3 is 4.74 Å². The SMILES string of the molecule is O=c1c2c(nc3c(-c4ccc(Cl)cc4F)nc([C@H]4CCO[C@@H](c5cnn6c5CCC6)C4)cn13)CCC2. The average Bonchev–Trinajstić information content (AvgIpc) is 3.62. The quantitative estimate of drug-likeness (QED) is 0.399. The first-order valence-electron chi connectivity index (χ1n) is 12.6. The van der Waals surface area contributed by atoms with Crippen LogP contribution in [0.2, 0.25) is 5.02 Å². The van der Waals surface area contributed by atoms with Gasteiger partial charge in [0.25, 0.3) is 5.56 Å². The lowest BCUT2D eigenvalue weighted by atomic mass is 9.89. The lowest BCUT2D eigenvalue weighted by Crippen LogP contribution is -2.24. The number of hydrogen-bond donors (Lipinski definition) is 0. The number of fused-ring (bicyclic) bond motifs is 3.